The number of carboxylic acids is 1. The molecular formula is C15H23NO4S. The van der Waals surface area contributed by atoms with Gasteiger partial charge in [0.2, 0.25) is 10.0 Å². The lowest BCUT2D eigenvalue weighted by Gasteiger charge is -2.26. The second kappa shape index (κ2) is 7.04. The zero-order valence-electron chi connectivity index (χ0n) is 12.9. The van der Waals surface area contributed by atoms with Crippen molar-refractivity contribution < 1.29 is 18.3 Å². The summed E-state index contributed by atoms with van der Waals surface area (Å²) in [5.74, 6) is -0.679. The van der Waals surface area contributed by atoms with Gasteiger partial charge in [-0.3, -0.25) is 4.79 Å². The van der Waals surface area contributed by atoms with Gasteiger partial charge in [0, 0.05) is 12.6 Å². The fourth-order valence-corrected chi connectivity index (χ4v) is 3.87. The summed E-state index contributed by atoms with van der Waals surface area (Å²) in [6.45, 7) is 7.63. The molecule has 1 aromatic rings. The Kier molecular flexibility index (Phi) is 5.92. The highest BCUT2D eigenvalue weighted by atomic mass is 32.2. The Morgan fingerprint density at radius 1 is 1.19 bits per heavy atom. The maximum atomic E-state index is 12.6. The molecule has 1 unspecified atom stereocenters. The van der Waals surface area contributed by atoms with Crippen molar-refractivity contribution in [3.8, 4) is 0 Å². The van der Waals surface area contributed by atoms with E-state index in [0.29, 0.717) is 5.92 Å². The molecule has 0 aliphatic heterocycles. The van der Waals surface area contributed by atoms with E-state index in [9.17, 15) is 13.2 Å². The van der Waals surface area contributed by atoms with Crippen molar-refractivity contribution in [1.82, 2.24) is 4.31 Å². The van der Waals surface area contributed by atoms with Crippen LogP contribution in [0, 0.1) is 0 Å². The van der Waals surface area contributed by atoms with Crippen molar-refractivity contribution in [2.24, 2.45) is 0 Å². The molecular weight excluding hydrogens is 290 g/mol. The lowest BCUT2D eigenvalue weighted by Crippen LogP contribution is -2.39. The molecule has 0 saturated carbocycles. The average molecular weight is 313 g/mol. The van der Waals surface area contributed by atoms with Crippen molar-refractivity contribution in [3.63, 3.8) is 0 Å². The molecule has 0 radical (unpaired) electrons. The molecule has 0 aliphatic rings. The lowest BCUT2D eigenvalue weighted by atomic mass is 10.0. The van der Waals surface area contributed by atoms with Crippen molar-refractivity contribution >= 4 is 16.0 Å². The van der Waals surface area contributed by atoms with Crippen LogP contribution in [0.15, 0.2) is 29.2 Å². The third kappa shape index (κ3) is 4.28. The molecule has 1 aromatic carbocycles. The predicted octanol–water partition coefficient (Wildman–Crippen LogP) is 2.68. The quantitative estimate of drug-likeness (QED) is 0.840. The third-order valence-corrected chi connectivity index (χ3v) is 5.53. The van der Waals surface area contributed by atoms with Crippen LogP contribution in [0.5, 0.6) is 0 Å². The Morgan fingerprint density at radius 2 is 1.71 bits per heavy atom. The Morgan fingerprint density at radius 3 is 2.10 bits per heavy atom. The minimum Gasteiger partial charge on any atom is -0.481 e. The number of nitrogens with zero attached hydrogens (tertiary/aromatic N) is 1. The van der Waals surface area contributed by atoms with Crippen LogP contribution in [0.3, 0.4) is 0 Å². The summed E-state index contributed by atoms with van der Waals surface area (Å²) in [5.41, 5.74) is 1.07. The summed E-state index contributed by atoms with van der Waals surface area (Å²) in [5, 5.41) is 8.84. The van der Waals surface area contributed by atoms with Crippen molar-refractivity contribution in [3.05, 3.63) is 29.8 Å². The SMILES string of the molecule is CCN(C(C)CC(=O)O)S(=O)(=O)c1ccc(C(C)C)cc1. The van der Waals surface area contributed by atoms with Gasteiger partial charge in [0.25, 0.3) is 0 Å². The molecule has 0 amide bonds. The molecule has 118 valence electrons. The predicted molar refractivity (Wildman–Crippen MR) is 81.8 cm³/mol. The zero-order valence-corrected chi connectivity index (χ0v) is 13.7. The maximum Gasteiger partial charge on any atom is 0.304 e. The average Bonchev–Trinajstić information content (AvgIpc) is 2.38. The molecule has 0 bridgehead atoms. The van der Waals surface area contributed by atoms with Gasteiger partial charge in [0.15, 0.2) is 0 Å². The van der Waals surface area contributed by atoms with Crippen molar-refractivity contribution in [2.75, 3.05) is 6.54 Å². The number of benzene rings is 1. The first-order valence-corrected chi connectivity index (χ1v) is 8.47. The summed E-state index contributed by atoms with van der Waals surface area (Å²) >= 11 is 0. The maximum absolute atomic E-state index is 12.6. The lowest BCUT2D eigenvalue weighted by molar-refractivity contribution is -0.137. The molecule has 21 heavy (non-hydrogen) atoms. The number of sulfonamides is 1. The van der Waals surface area contributed by atoms with Gasteiger partial charge >= 0.3 is 5.97 Å². The van der Waals surface area contributed by atoms with Crippen LogP contribution in [0.25, 0.3) is 0 Å². The van der Waals surface area contributed by atoms with Crippen LogP contribution in [0.2, 0.25) is 0 Å². The molecule has 0 spiro atoms. The molecule has 0 aliphatic carbocycles. The number of aliphatic carboxylic acids is 1. The van der Waals surface area contributed by atoms with E-state index in [1.165, 1.54) is 4.31 Å². The highest BCUT2D eigenvalue weighted by molar-refractivity contribution is 7.89. The van der Waals surface area contributed by atoms with Crippen LogP contribution < -0.4 is 0 Å². The Labute approximate surface area is 126 Å². The van der Waals surface area contributed by atoms with Gasteiger partial charge in [-0.15, -0.1) is 0 Å². The van der Waals surface area contributed by atoms with E-state index in [2.05, 4.69) is 0 Å². The number of hydrogen-bond donors (Lipinski definition) is 1. The van der Waals surface area contributed by atoms with E-state index in [0.717, 1.165) is 5.56 Å². The van der Waals surface area contributed by atoms with Gasteiger partial charge in [0.1, 0.15) is 0 Å². The van der Waals surface area contributed by atoms with E-state index < -0.39 is 22.0 Å². The fourth-order valence-electron chi connectivity index (χ4n) is 2.23. The second-order valence-electron chi connectivity index (χ2n) is 5.38. The van der Waals surface area contributed by atoms with E-state index >= 15 is 0 Å². The van der Waals surface area contributed by atoms with Crippen LogP contribution in [-0.2, 0) is 14.8 Å². The van der Waals surface area contributed by atoms with E-state index in [4.69, 9.17) is 5.11 Å². The highest BCUT2D eigenvalue weighted by Gasteiger charge is 2.28. The van der Waals surface area contributed by atoms with E-state index in [1.54, 1.807) is 38.1 Å². The first-order chi connectivity index (χ1) is 9.70. The second-order valence-corrected chi connectivity index (χ2v) is 7.27. The largest absolute Gasteiger partial charge is 0.481 e. The minimum atomic E-state index is -3.67. The number of carboxylic acid groups (broad SMARTS) is 1. The topological polar surface area (TPSA) is 74.7 Å². The first kappa shape index (κ1) is 17.7. The summed E-state index contributed by atoms with van der Waals surface area (Å²) in [6.07, 6.45) is -0.211. The molecule has 0 fully saturated rings. The van der Waals surface area contributed by atoms with Crippen molar-refractivity contribution in [2.45, 2.75) is 51.0 Å². The fraction of sp³-hybridized carbons (Fsp3) is 0.533. The summed E-state index contributed by atoms with van der Waals surface area (Å²) < 4.78 is 26.4. The van der Waals surface area contributed by atoms with Gasteiger partial charge in [-0.2, -0.15) is 4.31 Å². The molecule has 5 nitrogen and oxygen atoms in total. The number of hydrogen-bond acceptors (Lipinski definition) is 3. The molecule has 0 aromatic heterocycles. The summed E-state index contributed by atoms with van der Waals surface area (Å²) in [4.78, 5) is 11.0. The standard InChI is InChI=1S/C15H23NO4S/c1-5-16(12(4)10-15(17)18)21(19,20)14-8-6-13(7-9-14)11(2)3/h6-9,11-12H,5,10H2,1-4H3,(H,17,18). The van der Waals surface area contributed by atoms with Crippen LogP contribution in [0.4, 0.5) is 0 Å². The van der Waals surface area contributed by atoms with Gasteiger partial charge in [-0.25, -0.2) is 8.42 Å². The van der Waals surface area contributed by atoms with E-state index in [-0.39, 0.29) is 17.9 Å². The molecule has 1 rings (SSSR count). The molecule has 6 heteroatoms. The highest BCUT2D eigenvalue weighted by Crippen LogP contribution is 2.22. The van der Waals surface area contributed by atoms with E-state index in [1.807, 2.05) is 13.8 Å². The summed E-state index contributed by atoms with van der Waals surface area (Å²) in [7, 11) is -3.67. The third-order valence-electron chi connectivity index (χ3n) is 3.43. The Hall–Kier alpha value is -1.40. The number of carbonyl (C=O) groups is 1. The normalized spacial score (nSPS) is 13.6. The molecule has 1 N–H and O–H groups in total. The summed E-state index contributed by atoms with van der Waals surface area (Å²) in [6, 6.07) is 6.18. The molecule has 0 heterocycles. The van der Waals surface area contributed by atoms with Gasteiger partial charge in [-0.1, -0.05) is 32.9 Å². The Bertz CT molecular complexity index is 578. The number of rotatable bonds is 7. The zero-order chi connectivity index (χ0) is 16.2. The molecule has 1 atom stereocenters. The minimum absolute atomic E-state index is 0.200. The molecule has 0 saturated heterocycles. The first-order valence-electron chi connectivity index (χ1n) is 7.03. The van der Waals surface area contributed by atoms with Crippen LogP contribution >= 0.6 is 0 Å². The van der Waals surface area contributed by atoms with Crippen LogP contribution in [0.1, 0.15) is 45.6 Å². The van der Waals surface area contributed by atoms with Crippen LogP contribution in [-0.4, -0.2) is 36.4 Å². The smallest absolute Gasteiger partial charge is 0.304 e. The van der Waals surface area contributed by atoms with Gasteiger partial charge < -0.3 is 5.11 Å². The Balaban J connectivity index is 3.09. The monoisotopic (exact) mass is 313 g/mol. The van der Waals surface area contributed by atoms with Gasteiger partial charge in [0.05, 0.1) is 11.3 Å². The van der Waals surface area contributed by atoms with Crippen molar-refractivity contribution in [1.29, 1.82) is 0 Å². The van der Waals surface area contributed by atoms with Gasteiger partial charge in [-0.05, 0) is 30.5 Å².